The molecule has 0 unspecified atom stereocenters. The Hall–Kier alpha value is -8.72. The molecular weight excluding hydrogens is 797 g/mol. The average Bonchev–Trinajstić information content (AvgIpc) is 3.73. The van der Waals surface area contributed by atoms with Crippen LogP contribution in [0.15, 0.2) is 267 Å². The van der Waals surface area contributed by atoms with Crippen LogP contribution < -0.4 is 4.90 Å². The summed E-state index contributed by atoms with van der Waals surface area (Å²) in [6.45, 7) is 0. The first-order valence-electron chi connectivity index (χ1n) is 22.7. The summed E-state index contributed by atoms with van der Waals surface area (Å²) in [6, 6.07) is 96.8. The summed E-state index contributed by atoms with van der Waals surface area (Å²) in [6.07, 6.45) is 0. The zero-order chi connectivity index (χ0) is 43.8. The lowest BCUT2D eigenvalue weighted by molar-refractivity contribution is 1.18. The van der Waals surface area contributed by atoms with Crippen LogP contribution >= 0.6 is 0 Å². The molecule has 0 radical (unpaired) electrons. The zero-order valence-corrected chi connectivity index (χ0v) is 36.3. The summed E-state index contributed by atoms with van der Waals surface area (Å²) in [5, 5.41) is 5.00. The summed E-state index contributed by atoms with van der Waals surface area (Å²) in [5.74, 6) is 0. The van der Waals surface area contributed by atoms with Crippen LogP contribution in [0.3, 0.4) is 0 Å². The molecule has 2 nitrogen and oxygen atoms in total. The summed E-state index contributed by atoms with van der Waals surface area (Å²) in [4.78, 5) is 2.36. The first kappa shape index (κ1) is 38.9. The van der Waals surface area contributed by atoms with E-state index < -0.39 is 0 Å². The number of hydrogen-bond donors (Lipinski definition) is 0. The Kier molecular flexibility index (Phi) is 9.89. The van der Waals surface area contributed by atoms with E-state index in [0.717, 1.165) is 22.7 Å². The van der Waals surface area contributed by atoms with Gasteiger partial charge in [0.1, 0.15) is 0 Å². The molecule has 1 aromatic heterocycles. The fourth-order valence-electron chi connectivity index (χ4n) is 9.70. The van der Waals surface area contributed by atoms with Gasteiger partial charge in [0.05, 0.1) is 11.0 Å². The number of fused-ring (bicyclic) bond motifs is 4. The molecule has 0 spiro atoms. The first-order valence-corrected chi connectivity index (χ1v) is 22.7. The SMILES string of the molecule is c1ccc(-c2ccccc2-c2ccc(N(c3ccc(-c4cccc(-c5ccc6ccccc6c5)c4)cc3)c3ccc(-c4ccc5c(c4)c4ccccc4n5-c4ccccc4)cc3)cc2)cc1. The lowest BCUT2D eigenvalue weighted by atomic mass is 9.94. The van der Waals surface area contributed by atoms with Crippen LogP contribution in [-0.4, -0.2) is 4.57 Å². The highest BCUT2D eigenvalue weighted by Crippen LogP contribution is 2.41. The Balaban J connectivity index is 0.911. The van der Waals surface area contributed by atoms with E-state index in [1.807, 2.05) is 0 Å². The average molecular weight is 841 g/mol. The van der Waals surface area contributed by atoms with E-state index in [4.69, 9.17) is 0 Å². The van der Waals surface area contributed by atoms with Crippen molar-refractivity contribution < 1.29 is 0 Å². The van der Waals surface area contributed by atoms with E-state index in [9.17, 15) is 0 Å². The molecule has 1 heterocycles. The maximum atomic E-state index is 2.37. The molecule has 0 amide bonds. The smallest absolute Gasteiger partial charge is 0.0541 e. The minimum Gasteiger partial charge on any atom is -0.311 e. The molecule has 11 aromatic carbocycles. The standard InChI is InChI=1S/C64H44N2/c1-3-15-48(16-4-1)59-22-9-10-23-60(59)49-32-39-58(40-33-49)65(56-35-28-46(29-36-56)51-18-13-19-52(42-51)53-27-26-45-14-7-8-17-50(45)43-53)57-37-30-47(31-38-57)54-34-41-64-62(44-54)61-24-11-12-25-63(61)66(64)55-20-5-2-6-21-55/h1-44H. The fourth-order valence-corrected chi connectivity index (χ4v) is 9.70. The number of anilines is 3. The van der Waals surface area contributed by atoms with Crippen LogP contribution in [0, 0.1) is 0 Å². The molecule has 0 saturated carbocycles. The topological polar surface area (TPSA) is 8.17 Å². The van der Waals surface area contributed by atoms with Crippen molar-refractivity contribution in [2.24, 2.45) is 0 Å². The Morgan fingerprint density at radius 3 is 1.35 bits per heavy atom. The van der Waals surface area contributed by atoms with Crippen molar-refractivity contribution in [2.45, 2.75) is 0 Å². The van der Waals surface area contributed by atoms with Crippen LogP contribution in [0.25, 0.3) is 93.9 Å². The van der Waals surface area contributed by atoms with Gasteiger partial charge in [0.2, 0.25) is 0 Å². The molecular formula is C64H44N2. The molecule has 0 saturated heterocycles. The van der Waals surface area contributed by atoms with Crippen LogP contribution in [0.1, 0.15) is 0 Å². The fraction of sp³-hybridized carbons (Fsp3) is 0. The maximum absolute atomic E-state index is 2.37. The first-order chi connectivity index (χ1) is 32.7. The minimum absolute atomic E-state index is 1.09. The van der Waals surface area contributed by atoms with Crippen molar-refractivity contribution in [3.8, 4) is 61.3 Å². The van der Waals surface area contributed by atoms with Gasteiger partial charge in [0.15, 0.2) is 0 Å². The molecule has 0 aliphatic heterocycles. The van der Waals surface area contributed by atoms with E-state index in [-0.39, 0.29) is 0 Å². The lowest BCUT2D eigenvalue weighted by Gasteiger charge is -2.26. The molecule has 2 heteroatoms. The summed E-state index contributed by atoms with van der Waals surface area (Å²) >= 11 is 0. The molecule has 12 rings (SSSR count). The monoisotopic (exact) mass is 840 g/mol. The highest BCUT2D eigenvalue weighted by atomic mass is 15.1. The number of aromatic nitrogens is 1. The van der Waals surface area contributed by atoms with Gasteiger partial charge < -0.3 is 9.47 Å². The molecule has 12 aromatic rings. The second-order valence-corrected chi connectivity index (χ2v) is 17.0. The van der Waals surface area contributed by atoms with Crippen LogP contribution in [-0.2, 0) is 0 Å². The minimum atomic E-state index is 1.09. The van der Waals surface area contributed by atoms with E-state index in [2.05, 4.69) is 276 Å². The van der Waals surface area contributed by atoms with Crippen molar-refractivity contribution in [1.82, 2.24) is 4.57 Å². The largest absolute Gasteiger partial charge is 0.311 e. The highest BCUT2D eigenvalue weighted by molar-refractivity contribution is 6.10. The number of rotatable bonds is 9. The molecule has 0 bridgehead atoms. The Morgan fingerprint density at radius 1 is 0.242 bits per heavy atom. The third-order valence-electron chi connectivity index (χ3n) is 13.0. The van der Waals surface area contributed by atoms with Gasteiger partial charge in [0, 0.05) is 33.5 Å². The number of para-hydroxylation sites is 2. The van der Waals surface area contributed by atoms with Gasteiger partial charge in [-0.3, -0.25) is 0 Å². The molecule has 0 aliphatic carbocycles. The zero-order valence-electron chi connectivity index (χ0n) is 36.3. The normalized spacial score (nSPS) is 11.3. The van der Waals surface area contributed by atoms with Crippen molar-refractivity contribution in [1.29, 1.82) is 0 Å². The third kappa shape index (κ3) is 7.21. The van der Waals surface area contributed by atoms with Gasteiger partial charge >= 0.3 is 0 Å². The second kappa shape index (κ2) is 16.8. The van der Waals surface area contributed by atoms with E-state index in [0.29, 0.717) is 0 Å². The third-order valence-corrected chi connectivity index (χ3v) is 13.0. The van der Waals surface area contributed by atoms with Crippen LogP contribution in [0.5, 0.6) is 0 Å². The maximum Gasteiger partial charge on any atom is 0.0541 e. The van der Waals surface area contributed by atoms with Crippen LogP contribution in [0.4, 0.5) is 17.1 Å². The van der Waals surface area contributed by atoms with Crippen LogP contribution in [0.2, 0.25) is 0 Å². The summed E-state index contributed by atoms with van der Waals surface area (Å²) < 4.78 is 2.37. The molecule has 0 fully saturated rings. The lowest BCUT2D eigenvalue weighted by Crippen LogP contribution is -2.09. The Morgan fingerprint density at radius 2 is 0.682 bits per heavy atom. The van der Waals surface area contributed by atoms with Gasteiger partial charge in [0.25, 0.3) is 0 Å². The van der Waals surface area contributed by atoms with Crippen molar-refractivity contribution in [2.75, 3.05) is 4.90 Å². The van der Waals surface area contributed by atoms with Crippen molar-refractivity contribution in [3.05, 3.63) is 267 Å². The van der Waals surface area contributed by atoms with E-state index >= 15 is 0 Å². The van der Waals surface area contributed by atoms with Gasteiger partial charge in [-0.15, -0.1) is 0 Å². The molecule has 310 valence electrons. The van der Waals surface area contributed by atoms with Crippen molar-refractivity contribution >= 4 is 49.6 Å². The number of nitrogens with zero attached hydrogens (tertiary/aromatic N) is 2. The molecule has 0 N–H and O–H groups in total. The second-order valence-electron chi connectivity index (χ2n) is 17.0. The Labute approximate surface area is 385 Å². The van der Waals surface area contributed by atoms with E-state index in [1.54, 1.807) is 0 Å². The number of benzene rings is 11. The molecule has 66 heavy (non-hydrogen) atoms. The predicted molar refractivity (Wildman–Crippen MR) is 280 cm³/mol. The quantitative estimate of drug-likeness (QED) is 0.141. The number of hydrogen-bond acceptors (Lipinski definition) is 1. The summed E-state index contributed by atoms with van der Waals surface area (Å²) in [7, 11) is 0. The Bertz CT molecular complexity index is 3660. The van der Waals surface area contributed by atoms with E-state index in [1.165, 1.54) is 88.2 Å². The summed E-state index contributed by atoms with van der Waals surface area (Å²) in [5.41, 5.74) is 18.8. The predicted octanol–water partition coefficient (Wildman–Crippen LogP) is 17.7. The molecule has 0 aliphatic rings. The molecule has 0 atom stereocenters. The van der Waals surface area contributed by atoms with Gasteiger partial charge in [-0.2, -0.15) is 0 Å². The van der Waals surface area contributed by atoms with Crippen molar-refractivity contribution in [3.63, 3.8) is 0 Å². The highest BCUT2D eigenvalue weighted by Gasteiger charge is 2.17. The van der Waals surface area contributed by atoms with Gasteiger partial charge in [-0.1, -0.05) is 188 Å². The van der Waals surface area contributed by atoms with Gasteiger partial charge in [-0.05, 0) is 145 Å². The van der Waals surface area contributed by atoms with Gasteiger partial charge in [-0.25, -0.2) is 0 Å².